The van der Waals surface area contributed by atoms with Crippen molar-refractivity contribution >= 4 is 5.91 Å². The molecular formula is C16H19F2N3O3. The average molecular weight is 339 g/mol. The number of nitrogens with zero attached hydrogens (tertiary/aromatic N) is 2. The SMILES string of the molecule is Cc1cnn(CCC(=O)NC[C@@H](O)c2ccc(OC(F)F)cc2)c1. The van der Waals surface area contributed by atoms with E-state index in [-0.39, 0.29) is 24.6 Å². The number of nitrogens with one attached hydrogen (secondary N) is 1. The van der Waals surface area contributed by atoms with Crippen LogP contribution in [-0.2, 0) is 11.3 Å². The van der Waals surface area contributed by atoms with Crippen LogP contribution in [0.15, 0.2) is 36.7 Å². The predicted molar refractivity (Wildman–Crippen MR) is 82.6 cm³/mol. The fraction of sp³-hybridized carbons (Fsp3) is 0.375. The number of ether oxygens (including phenoxy) is 1. The molecule has 1 aromatic carbocycles. The number of carbonyl (C=O) groups is 1. The van der Waals surface area contributed by atoms with Gasteiger partial charge >= 0.3 is 6.61 Å². The Morgan fingerprint density at radius 2 is 2.08 bits per heavy atom. The second-order valence-electron chi connectivity index (χ2n) is 5.30. The van der Waals surface area contributed by atoms with Crippen LogP contribution in [0.5, 0.6) is 5.75 Å². The number of aromatic nitrogens is 2. The molecule has 0 fully saturated rings. The van der Waals surface area contributed by atoms with Crippen LogP contribution in [0.3, 0.4) is 0 Å². The Morgan fingerprint density at radius 3 is 2.67 bits per heavy atom. The third kappa shape index (κ3) is 5.62. The molecule has 0 aliphatic heterocycles. The van der Waals surface area contributed by atoms with Gasteiger partial charge in [-0.3, -0.25) is 9.48 Å². The van der Waals surface area contributed by atoms with Crippen molar-refractivity contribution in [2.45, 2.75) is 32.6 Å². The molecule has 2 rings (SSSR count). The summed E-state index contributed by atoms with van der Waals surface area (Å²) in [5.74, 6) is -0.195. The van der Waals surface area contributed by atoms with Crippen molar-refractivity contribution in [3.8, 4) is 5.75 Å². The maximum atomic E-state index is 12.1. The van der Waals surface area contributed by atoms with Crippen LogP contribution in [0.4, 0.5) is 8.78 Å². The average Bonchev–Trinajstić information content (AvgIpc) is 2.96. The Kier molecular flexibility index (Phi) is 6.25. The van der Waals surface area contributed by atoms with Gasteiger partial charge in [0.2, 0.25) is 5.91 Å². The van der Waals surface area contributed by atoms with Gasteiger partial charge in [-0.1, -0.05) is 12.1 Å². The van der Waals surface area contributed by atoms with Gasteiger partial charge in [0.1, 0.15) is 5.75 Å². The van der Waals surface area contributed by atoms with Gasteiger partial charge in [-0.05, 0) is 30.2 Å². The lowest BCUT2D eigenvalue weighted by Crippen LogP contribution is -2.29. The number of aryl methyl sites for hydroxylation is 2. The fourth-order valence-electron chi connectivity index (χ4n) is 2.09. The molecule has 0 aliphatic rings. The molecule has 0 aliphatic carbocycles. The van der Waals surface area contributed by atoms with Crippen molar-refractivity contribution < 1.29 is 23.4 Å². The molecule has 6 nitrogen and oxygen atoms in total. The first-order chi connectivity index (χ1) is 11.4. The molecule has 2 aromatic rings. The monoisotopic (exact) mass is 339 g/mol. The molecule has 24 heavy (non-hydrogen) atoms. The smallest absolute Gasteiger partial charge is 0.387 e. The Hall–Kier alpha value is -2.48. The molecule has 1 aromatic heterocycles. The summed E-state index contributed by atoms with van der Waals surface area (Å²) in [4.78, 5) is 11.8. The molecule has 0 unspecified atom stereocenters. The quantitative estimate of drug-likeness (QED) is 0.772. The zero-order valence-corrected chi connectivity index (χ0v) is 13.2. The van der Waals surface area contributed by atoms with Crippen LogP contribution in [-0.4, -0.2) is 34.0 Å². The van der Waals surface area contributed by atoms with Gasteiger partial charge in [0, 0.05) is 25.7 Å². The molecule has 1 heterocycles. The highest BCUT2D eigenvalue weighted by Gasteiger charge is 2.11. The van der Waals surface area contributed by atoms with E-state index in [1.54, 1.807) is 10.9 Å². The molecule has 0 saturated heterocycles. The maximum absolute atomic E-state index is 12.1. The highest BCUT2D eigenvalue weighted by Crippen LogP contribution is 2.19. The highest BCUT2D eigenvalue weighted by atomic mass is 19.3. The van der Waals surface area contributed by atoms with E-state index in [9.17, 15) is 18.7 Å². The van der Waals surface area contributed by atoms with Crippen molar-refractivity contribution in [3.05, 3.63) is 47.8 Å². The van der Waals surface area contributed by atoms with Crippen LogP contribution < -0.4 is 10.1 Å². The first kappa shape index (κ1) is 17.9. The van der Waals surface area contributed by atoms with Crippen LogP contribution in [0.1, 0.15) is 23.7 Å². The summed E-state index contributed by atoms with van der Waals surface area (Å²) in [6.45, 7) is -0.488. The zero-order valence-electron chi connectivity index (χ0n) is 13.2. The molecule has 8 heteroatoms. The van der Waals surface area contributed by atoms with Gasteiger partial charge in [0.25, 0.3) is 0 Å². The first-order valence-corrected chi connectivity index (χ1v) is 7.42. The summed E-state index contributed by atoms with van der Waals surface area (Å²) in [6, 6.07) is 5.63. The summed E-state index contributed by atoms with van der Waals surface area (Å²) in [6.07, 6.45) is 2.87. The van der Waals surface area contributed by atoms with E-state index < -0.39 is 12.7 Å². The Balaban J connectivity index is 1.75. The number of halogens is 2. The molecular weight excluding hydrogens is 320 g/mol. The number of hydrogen-bond acceptors (Lipinski definition) is 4. The molecule has 0 spiro atoms. The number of aliphatic hydroxyl groups is 1. The standard InChI is InChI=1S/C16H19F2N3O3/c1-11-8-20-21(10-11)7-6-15(23)19-9-14(22)12-2-4-13(5-3-12)24-16(17)18/h2-5,8,10,14,16,22H,6-7,9H2,1H3,(H,19,23)/t14-/m1/s1. The van der Waals surface area contributed by atoms with Crippen LogP contribution in [0.2, 0.25) is 0 Å². The Morgan fingerprint density at radius 1 is 1.38 bits per heavy atom. The predicted octanol–water partition coefficient (Wildman–Crippen LogP) is 2.03. The van der Waals surface area contributed by atoms with E-state index in [0.717, 1.165) is 5.56 Å². The van der Waals surface area contributed by atoms with Crippen molar-refractivity contribution in [2.75, 3.05) is 6.54 Å². The lowest BCUT2D eigenvalue weighted by molar-refractivity contribution is -0.121. The normalized spacial score (nSPS) is 12.2. The minimum absolute atomic E-state index is 0.0134. The van der Waals surface area contributed by atoms with E-state index >= 15 is 0 Å². The highest BCUT2D eigenvalue weighted by molar-refractivity contribution is 5.75. The van der Waals surface area contributed by atoms with Gasteiger partial charge < -0.3 is 15.2 Å². The second-order valence-corrected chi connectivity index (χ2v) is 5.30. The van der Waals surface area contributed by atoms with E-state index in [4.69, 9.17) is 0 Å². The van der Waals surface area contributed by atoms with Crippen LogP contribution in [0, 0.1) is 6.92 Å². The Bertz CT molecular complexity index is 659. The number of alkyl halides is 2. The number of aliphatic hydroxyl groups excluding tert-OH is 1. The summed E-state index contributed by atoms with van der Waals surface area (Å²) in [7, 11) is 0. The number of amides is 1. The molecule has 1 amide bonds. The van der Waals surface area contributed by atoms with E-state index in [1.807, 2.05) is 13.1 Å². The lowest BCUT2D eigenvalue weighted by atomic mass is 10.1. The molecule has 0 radical (unpaired) electrons. The summed E-state index contributed by atoms with van der Waals surface area (Å²) in [5, 5.41) is 16.7. The molecule has 2 N–H and O–H groups in total. The second kappa shape index (κ2) is 8.39. The van der Waals surface area contributed by atoms with Crippen molar-refractivity contribution in [2.24, 2.45) is 0 Å². The minimum atomic E-state index is -2.89. The largest absolute Gasteiger partial charge is 0.435 e. The van der Waals surface area contributed by atoms with Gasteiger partial charge in [0.15, 0.2) is 0 Å². The number of carbonyl (C=O) groups excluding carboxylic acids is 1. The van der Waals surface area contributed by atoms with Gasteiger partial charge in [0.05, 0.1) is 12.3 Å². The lowest BCUT2D eigenvalue weighted by Gasteiger charge is -2.13. The van der Waals surface area contributed by atoms with E-state index in [1.165, 1.54) is 24.3 Å². The number of benzene rings is 1. The van der Waals surface area contributed by atoms with Crippen molar-refractivity contribution in [3.63, 3.8) is 0 Å². The van der Waals surface area contributed by atoms with Crippen molar-refractivity contribution in [1.82, 2.24) is 15.1 Å². The van der Waals surface area contributed by atoms with Gasteiger partial charge in [-0.15, -0.1) is 0 Å². The van der Waals surface area contributed by atoms with Crippen LogP contribution >= 0.6 is 0 Å². The molecule has 1 atom stereocenters. The molecule has 0 bridgehead atoms. The number of rotatable bonds is 8. The fourth-order valence-corrected chi connectivity index (χ4v) is 2.09. The van der Waals surface area contributed by atoms with Crippen LogP contribution in [0.25, 0.3) is 0 Å². The van der Waals surface area contributed by atoms with E-state index in [2.05, 4.69) is 15.2 Å². The van der Waals surface area contributed by atoms with Gasteiger partial charge in [-0.25, -0.2) is 0 Å². The molecule has 0 saturated carbocycles. The van der Waals surface area contributed by atoms with Crippen molar-refractivity contribution in [1.29, 1.82) is 0 Å². The first-order valence-electron chi connectivity index (χ1n) is 7.42. The summed E-state index contributed by atoms with van der Waals surface area (Å²) in [5.41, 5.74) is 1.52. The van der Waals surface area contributed by atoms with E-state index in [0.29, 0.717) is 12.1 Å². The summed E-state index contributed by atoms with van der Waals surface area (Å²) >= 11 is 0. The number of hydrogen-bond donors (Lipinski definition) is 2. The van der Waals surface area contributed by atoms with Gasteiger partial charge in [-0.2, -0.15) is 13.9 Å². The molecule has 130 valence electrons. The zero-order chi connectivity index (χ0) is 17.5. The maximum Gasteiger partial charge on any atom is 0.387 e. The minimum Gasteiger partial charge on any atom is -0.435 e. The third-order valence-electron chi connectivity index (χ3n) is 3.31. The topological polar surface area (TPSA) is 76.4 Å². The Labute approximate surface area is 138 Å². The summed E-state index contributed by atoms with van der Waals surface area (Å²) < 4.78 is 30.0. The third-order valence-corrected chi connectivity index (χ3v) is 3.31.